The summed E-state index contributed by atoms with van der Waals surface area (Å²) in [6.45, 7) is 8.00. The minimum Gasteiger partial charge on any atom is -0.466 e. The summed E-state index contributed by atoms with van der Waals surface area (Å²) in [5, 5.41) is 5.47. The lowest BCUT2D eigenvalue weighted by Crippen LogP contribution is -2.28. The first kappa shape index (κ1) is 27.1. The van der Waals surface area contributed by atoms with Gasteiger partial charge in [0.05, 0.1) is 47.0 Å². The molecule has 1 aliphatic heterocycles. The Balaban J connectivity index is 1.82. The normalized spacial score (nSPS) is 11.4. The number of carbonyl (C=O) groups is 4. The van der Waals surface area contributed by atoms with Crippen molar-refractivity contribution in [3.8, 4) is 11.5 Å². The highest BCUT2D eigenvalue weighted by Crippen LogP contribution is 2.50. The molecule has 9 nitrogen and oxygen atoms in total. The minimum absolute atomic E-state index is 0.0570. The van der Waals surface area contributed by atoms with Crippen molar-refractivity contribution < 1.29 is 33.4 Å². The van der Waals surface area contributed by atoms with Crippen molar-refractivity contribution in [2.75, 3.05) is 26.3 Å². The zero-order valence-corrected chi connectivity index (χ0v) is 21.6. The molecule has 0 atom stereocenters. The van der Waals surface area contributed by atoms with Crippen molar-refractivity contribution in [1.29, 1.82) is 0 Å². The monoisotopic (exact) mass is 514 g/mol. The van der Waals surface area contributed by atoms with Crippen molar-refractivity contribution in [2.24, 2.45) is 0 Å². The summed E-state index contributed by atoms with van der Waals surface area (Å²) in [4.78, 5) is 50.6. The van der Waals surface area contributed by atoms with Gasteiger partial charge in [-0.25, -0.2) is 0 Å². The summed E-state index contributed by atoms with van der Waals surface area (Å²) in [7, 11) is 0. The largest absolute Gasteiger partial charge is 0.466 e. The van der Waals surface area contributed by atoms with Gasteiger partial charge in [-0.15, -0.1) is 0 Å². The fraction of sp³-hybridized carbons (Fsp3) is 0.385. The molecule has 0 radical (unpaired) electrons. The highest BCUT2D eigenvalue weighted by Gasteiger charge is 2.28. The second-order valence-corrected chi connectivity index (χ2v) is 9.19. The van der Waals surface area contributed by atoms with Gasteiger partial charge in [0.25, 0.3) is 11.8 Å². The molecular weight excluding hydrogens is 484 g/mol. The molecule has 0 fully saturated rings. The first-order chi connectivity index (χ1) is 17.2. The van der Waals surface area contributed by atoms with Gasteiger partial charge < -0.3 is 24.8 Å². The average Bonchev–Trinajstić information content (AvgIpc) is 2.82. The number of nitrogens with one attached hydrogen (secondary N) is 2. The molecule has 36 heavy (non-hydrogen) atoms. The smallest absolute Gasteiger partial charge is 0.307 e. The average molecular weight is 515 g/mol. The summed E-state index contributed by atoms with van der Waals surface area (Å²) in [6.07, 6.45) is 0.114. The van der Waals surface area contributed by atoms with Gasteiger partial charge in [-0.2, -0.15) is 0 Å². The molecule has 2 aromatic carbocycles. The quantitative estimate of drug-likeness (QED) is 0.391. The van der Waals surface area contributed by atoms with E-state index >= 15 is 0 Å². The van der Waals surface area contributed by atoms with E-state index in [1.807, 2.05) is 26.0 Å². The van der Waals surface area contributed by atoms with Crippen LogP contribution in [0.3, 0.4) is 0 Å². The maximum atomic E-state index is 13.0. The summed E-state index contributed by atoms with van der Waals surface area (Å²) in [6, 6.07) is 7.24. The molecule has 0 aliphatic carbocycles. The maximum absolute atomic E-state index is 13.0. The molecule has 0 saturated carbocycles. The van der Waals surface area contributed by atoms with E-state index in [1.54, 1.807) is 26.0 Å². The number of amides is 2. The van der Waals surface area contributed by atoms with Gasteiger partial charge in [0.2, 0.25) is 0 Å². The molecule has 2 amide bonds. The van der Waals surface area contributed by atoms with Gasteiger partial charge in [-0.05, 0) is 63.1 Å². The highest BCUT2D eigenvalue weighted by atomic mass is 32.2. The van der Waals surface area contributed by atoms with Crippen LogP contribution >= 0.6 is 11.8 Å². The maximum Gasteiger partial charge on any atom is 0.307 e. The molecule has 0 saturated heterocycles. The Bertz CT molecular complexity index is 1090. The zero-order chi connectivity index (χ0) is 26.2. The summed E-state index contributed by atoms with van der Waals surface area (Å²) in [5.41, 5.74) is 2.35. The number of ether oxygens (including phenoxy) is 3. The van der Waals surface area contributed by atoms with Gasteiger partial charge in [0, 0.05) is 13.1 Å². The van der Waals surface area contributed by atoms with Gasteiger partial charge in [0.1, 0.15) is 0 Å². The molecular formula is C26H30N2O7S. The molecule has 2 N–H and O–H groups in total. The van der Waals surface area contributed by atoms with Crippen LogP contribution in [-0.4, -0.2) is 50.1 Å². The molecule has 0 aromatic heterocycles. The summed E-state index contributed by atoms with van der Waals surface area (Å²) < 4.78 is 16.0. The lowest BCUT2D eigenvalue weighted by Gasteiger charge is -2.25. The molecule has 1 aliphatic rings. The van der Waals surface area contributed by atoms with E-state index in [0.29, 0.717) is 22.6 Å². The van der Waals surface area contributed by atoms with E-state index in [4.69, 9.17) is 14.2 Å². The molecule has 1 heterocycles. The Labute approximate surface area is 214 Å². The second-order valence-electron chi connectivity index (χ2n) is 8.11. The number of carbonyl (C=O) groups excluding carboxylic acids is 4. The Morgan fingerprint density at radius 1 is 0.750 bits per heavy atom. The van der Waals surface area contributed by atoms with E-state index in [2.05, 4.69) is 10.6 Å². The van der Waals surface area contributed by atoms with Crippen LogP contribution in [0.15, 0.2) is 34.1 Å². The van der Waals surface area contributed by atoms with Gasteiger partial charge in [0.15, 0.2) is 11.5 Å². The van der Waals surface area contributed by atoms with Crippen molar-refractivity contribution >= 4 is 35.5 Å². The third kappa shape index (κ3) is 6.78. The van der Waals surface area contributed by atoms with E-state index < -0.39 is 23.8 Å². The molecule has 2 aromatic rings. The Morgan fingerprint density at radius 2 is 1.17 bits per heavy atom. The number of rotatable bonds is 10. The number of fused-ring (bicyclic) bond motifs is 2. The first-order valence-corrected chi connectivity index (χ1v) is 12.6. The molecule has 0 spiro atoms. The zero-order valence-electron chi connectivity index (χ0n) is 20.8. The Kier molecular flexibility index (Phi) is 9.35. The van der Waals surface area contributed by atoms with Gasteiger partial charge in [-0.3, -0.25) is 19.2 Å². The minimum atomic E-state index is -0.393. The van der Waals surface area contributed by atoms with Gasteiger partial charge in [-0.1, -0.05) is 11.8 Å². The topological polar surface area (TPSA) is 120 Å². The first-order valence-electron chi connectivity index (χ1n) is 11.8. The Morgan fingerprint density at radius 3 is 1.56 bits per heavy atom. The van der Waals surface area contributed by atoms with E-state index in [1.165, 1.54) is 11.8 Å². The van der Waals surface area contributed by atoms with Crippen LogP contribution < -0.4 is 15.4 Å². The van der Waals surface area contributed by atoms with Crippen molar-refractivity contribution in [3.05, 3.63) is 46.5 Å². The van der Waals surface area contributed by atoms with Crippen LogP contribution in [0.4, 0.5) is 0 Å². The van der Waals surface area contributed by atoms with Crippen LogP contribution in [0, 0.1) is 13.8 Å². The summed E-state index contributed by atoms with van der Waals surface area (Å²) >= 11 is 1.41. The van der Waals surface area contributed by atoms with E-state index in [9.17, 15) is 19.2 Å². The van der Waals surface area contributed by atoms with Crippen LogP contribution in [-0.2, 0) is 19.1 Å². The number of benzene rings is 2. The van der Waals surface area contributed by atoms with Crippen LogP contribution in [0.2, 0.25) is 0 Å². The molecule has 0 bridgehead atoms. The van der Waals surface area contributed by atoms with Gasteiger partial charge >= 0.3 is 11.9 Å². The van der Waals surface area contributed by atoms with Crippen molar-refractivity contribution in [1.82, 2.24) is 10.6 Å². The Hall–Kier alpha value is -3.53. The SMILES string of the molecule is CCOC(=O)CCNC(=O)c1cc(C)cc2c1Oc1c(cc(C)cc1C(=O)NCCC(=O)OCC)S2. The van der Waals surface area contributed by atoms with E-state index in [-0.39, 0.29) is 39.1 Å². The predicted octanol–water partition coefficient (Wildman–Crippen LogP) is 3.93. The third-order valence-corrected chi connectivity index (χ3v) is 6.20. The van der Waals surface area contributed by atoms with E-state index in [0.717, 1.165) is 20.9 Å². The molecule has 10 heteroatoms. The number of hydrogen-bond donors (Lipinski definition) is 2. The predicted molar refractivity (Wildman–Crippen MR) is 134 cm³/mol. The lowest BCUT2D eigenvalue weighted by atomic mass is 10.1. The standard InChI is InChI=1S/C26H30N2O7S/c1-5-33-21(29)7-9-27-25(31)17-11-15(3)13-19-23(17)35-24-18(12-16(4)14-20(24)36-19)26(32)28-10-8-22(30)34-6-2/h11-14H,5-10H2,1-4H3,(H,27,31)(H,28,32). The lowest BCUT2D eigenvalue weighted by molar-refractivity contribution is -0.143. The summed E-state index contributed by atoms with van der Waals surface area (Å²) in [5.74, 6) is -0.878. The number of esters is 2. The highest BCUT2D eigenvalue weighted by molar-refractivity contribution is 7.99. The molecule has 0 unspecified atom stereocenters. The fourth-order valence-corrected chi connectivity index (χ4v) is 4.83. The van der Waals surface area contributed by atoms with Crippen LogP contribution in [0.25, 0.3) is 0 Å². The number of aryl methyl sites for hydroxylation is 2. The second kappa shape index (κ2) is 12.4. The van der Waals surface area contributed by atoms with Crippen molar-refractivity contribution in [3.63, 3.8) is 0 Å². The molecule has 192 valence electrons. The fourth-order valence-electron chi connectivity index (χ4n) is 3.61. The number of hydrogen-bond acceptors (Lipinski definition) is 8. The van der Waals surface area contributed by atoms with Crippen molar-refractivity contribution in [2.45, 2.75) is 50.3 Å². The van der Waals surface area contributed by atoms with Crippen LogP contribution in [0.5, 0.6) is 11.5 Å². The third-order valence-electron chi connectivity index (χ3n) is 5.15. The molecule has 3 rings (SSSR count). The van der Waals surface area contributed by atoms with Crippen LogP contribution in [0.1, 0.15) is 58.5 Å².